The van der Waals surface area contributed by atoms with Crippen LogP contribution in [0.3, 0.4) is 0 Å². The van der Waals surface area contributed by atoms with Crippen molar-refractivity contribution < 1.29 is 13.5 Å². The van der Waals surface area contributed by atoms with E-state index < -0.39 is 11.6 Å². The lowest BCUT2D eigenvalue weighted by Crippen LogP contribution is -2.23. The van der Waals surface area contributed by atoms with E-state index in [-0.39, 0.29) is 17.1 Å². The third kappa shape index (κ3) is 2.99. The van der Waals surface area contributed by atoms with Gasteiger partial charge in [0.05, 0.1) is 12.7 Å². The summed E-state index contributed by atoms with van der Waals surface area (Å²) in [6.07, 6.45) is 10.2. The van der Waals surface area contributed by atoms with Gasteiger partial charge in [-0.3, -0.25) is 0 Å². The minimum absolute atomic E-state index is 0.00260. The molecule has 1 aromatic heterocycles. The van der Waals surface area contributed by atoms with Crippen LogP contribution in [-0.4, -0.2) is 23.1 Å². The molecule has 1 aromatic carbocycles. The predicted octanol–water partition coefficient (Wildman–Crippen LogP) is 3.71. The van der Waals surface area contributed by atoms with Crippen molar-refractivity contribution in [1.82, 2.24) is 15.3 Å². The van der Waals surface area contributed by atoms with Crippen molar-refractivity contribution in [3.8, 4) is 17.1 Å². The van der Waals surface area contributed by atoms with Gasteiger partial charge in [0.2, 0.25) is 5.82 Å². The summed E-state index contributed by atoms with van der Waals surface area (Å²) in [6.45, 7) is 2.10. The van der Waals surface area contributed by atoms with Crippen LogP contribution in [0.1, 0.15) is 18.9 Å². The number of hydrogen-bond acceptors (Lipinski definition) is 4. The van der Waals surface area contributed by atoms with Crippen LogP contribution >= 0.6 is 0 Å². The fourth-order valence-corrected chi connectivity index (χ4v) is 2.43. The molecule has 0 spiro atoms. The molecule has 0 saturated heterocycles. The van der Waals surface area contributed by atoms with Gasteiger partial charge < -0.3 is 10.1 Å². The summed E-state index contributed by atoms with van der Waals surface area (Å²) in [5, 5.41) is 3.26. The minimum Gasteiger partial charge on any atom is -0.494 e. The Morgan fingerprint density at radius 3 is 2.50 bits per heavy atom. The third-order valence-corrected chi connectivity index (χ3v) is 3.89. The zero-order chi connectivity index (χ0) is 17.1. The van der Waals surface area contributed by atoms with E-state index in [0.717, 1.165) is 17.6 Å². The number of methoxy groups -OCH3 is 1. The lowest BCUT2D eigenvalue weighted by molar-refractivity contribution is 0.372. The number of hydrogen-bond donors (Lipinski definition) is 1. The van der Waals surface area contributed by atoms with Gasteiger partial charge in [-0.05, 0) is 18.6 Å². The van der Waals surface area contributed by atoms with Gasteiger partial charge in [-0.1, -0.05) is 19.1 Å². The molecule has 4 nitrogen and oxygen atoms in total. The number of dihydropyridines is 1. The molecule has 1 aliphatic heterocycles. The molecule has 0 fully saturated rings. The second kappa shape index (κ2) is 6.78. The van der Waals surface area contributed by atoms with Crippen LogP contribution < -0.4 is 10.1 Å². The number of aromatic nitrogens is 2. The van der Waals surface area contributed by atoms with Crippen molar-refractivity contribution in [2.45, 2.75) is 19.4 Å². The zero-order valence-electron chi connectivity index (χ0n) is 13.4. The lowest BCUT2D eigenvalue weighted by Gasteiger charge is -2.17. The van der Waals surface area contributed by atoms with E-state index in [1.165, 1.54) is 19.2 Å². The average molecular weight is 329 g/mol. The third-order valence-electron chi connectivity index (χ3n) is 3.89. The summed E-state index contributed by atoms with van der Waals surface area (Å²) < 4.78 is 32.7. The molecular weight excluding hydrogens is 312 g/mol. The first-order chi connectivity index (χ1) is 11.6. The lowest BCUT2D eigenvalue weighted by atomic mass is 10.0. The molecule has 2 heterocycles. The Morgan fingerprint density at radius 1 is 1.17 bits per heavy atom. The monoisotopic (exact) mass is 329 g/mol. The second-order valence-electron chi connectivity index (χ2n) is 5.38. The number of benzene rings is 1. The highest BCUT2D eigenvalue weighted by molar-refractivity contribution is 5.74. The summed E-state index contributed by atoms with van der Waals surface area (Å²) in [7, 11) is 1.28. The van der Waals surface area contributed by atoms with E-state index in [0.29, 0.717) is 6.04 Å². The molecule has 1 aliphatic rings. The molecule has 0 bridgehead atoms. The number of allylic oxidation sites excluding steroid dienone is 2. The maximum Gasteiger partial charge on any atom is 0.201 e. The van der Waals surface area contributed by atoms with Gasteiger partial charge in [-0.25, -0.2) is 14.4 Å². The van der Waals surface area contributed by atoms with Gasteiger partial charge in [0.25, 0.3) is 0 Å². The van der Waals surface area contributed by atoms with Gasteiger partial charge in [0.15, 0.2) is 17.4 Å². The van der Waals surface area contributed by atoms with Crippen LogP contribution in [-0.2, 0) is 0 Å². The summed E-state index contributed by atoms with van der Waals surface area (Å²) in [4.78, 5) is 8.32. The molecule has 6 heteroatoms. The fraction of sp³-hybridized carbons (Fsp3) is 0.222. The van der Waals surface area contributed by atoms with Crippen LogP contribution in [0.2, 0.25) is 0 Å². The van der Waals surface area contributed by atoms with Gasteiger partial charge in [-0.2, -0.15) is 4.39 Å². The van der Waals surface area contributed by atoms with Crippen molar-refractivity contribution in [1.29, 1.82) is 0 Å². The van der Waals surface area contributed by atoms with Crippen molar-refractivity contribution in [2.24, 2.45) is 0 Å². The molecule has 0 amide bonds. The van der Waals surface area contributed by atoms with Crippen LogP contribution in [0.25, 0.3) is 17.0 Å². The number of nitrogens with one attached hydrogen (secondary N) is 1. The van der Waals surface area contributed by atoms with E-state index in [1.807, 2.05) is 12.3 Å². The van der Waals surface area contributed by atoms with Crippen molar-refractivity contribution in [3.05, 3.63) is 60.1 Å². The highest BCUT2D eigenvalue weighted by Gasteiger charge is 2.17. The molecule has 2 aromatic rings. The highest BCUT2D eigenvalue weighted by Crippen LogP contribution is 2.28. The molecule has 24 heavy (non-hydrogen) atoms. The number of nitrogens with zero attached hydrogens (tertiary/aromatic N) is 2. The summed E-state index contributed by atoms with van der Waals surface area (Å²) >= 11 is 0. The largest absolute Gasteiger partial charge is 0.494 e. The van der Waals surface area contributed by atoms with Crippen molar-refractivity contribution in [2.75, 3.05) is 7.11 Å². The number of halogens is 2. The Balaban J connectivity index is 1.87. The predicted molar refractivity (Wildman–Crippen MR) is 88.3 cm³/mol. The average Bonchev–Trinajstić information content (AvgIpc) is 2.64. The molecule has 1 atom stereocenters. The molecule has 124 valence electrons. The molecule has 0 radical (unpaired) electrons. The first-order valence-corrected chi connectivity index (χ1v) is 7.63. The summed E-state index contributed by atoms with van der Waals surface area (Å²) in [6, 6.07) is 3.08. The normalized spacial score (nSPS) is 16.5. The molecule has 0 aliphatic carbocycles. The fourth-order valence-electron chi connectivity index (χ4n) is 2.43. The second-order valence-corrected chi connectivity index (χ2v) is 5.38. The van der Waals surface area contributed by atoms with Crippen LogP contribution in [0, 0.1) is 11.6 Å². The van der Waals surface area contributed by atoms with Crippen LogP contribution in [0.15, 0.2) is 42.9 Å². The first kappa shape index (κ1) is 16.1. The Hall–Kier alpha value is -2.76. The first-order valence-electron chi connectivity index (χ1n) is 7.63. The Bertz CT molecular complexity index is 801. The highest BCUT2D eigenvalue weighted by atomic mass is 19.2. The smallest absolute Gasteiger partial charge is 0.201 e. The maximum atomic E-state index is 14.1. The standard InChI is InChI=1S/C18H17F2N3O/c1-3-13-5-4-11(8-21-13)12-9-22-18(23-10-12)14-6-7-15(24-2)17(20)16(14)19/h4-10,13,21H,3H2,1-2H3. The number of ether oxygens (including phenoxy) is 1. The van der Waals surface area contributed by atoms with E-state index in [2.05, 4.69) is 28.3 Å². The SMILES string of the molecule is CCC1C=CC(c2cnc(-c3ccc(OC)c(F)c3F)nc2)=CN1. The Kier molecular flexibility index (Phi) is 4.55. The van der Waals surface area contributed by atoms with E-state index >= 15 is 0 Å². The van der Waals surface area contributed by atoms with Gasteiger partial charge in [0, 0.05) is 35.8 Å². The minimum atomic E-state index is -1.05. The van der Waals surface area contributed by atoms with Gasteiger partial charge in [-0.15, -0.1) is 0 Å². The quantitative estimate of drug-likeness (QED) is 0.929. The van der Waals surface area contributed by atoms with E-state index in [1.54, 1.807) is 12.4 Å². The molecule has 3 rings (SSSR count). The Labute approximate surface area is 138 Å². The summed E-state index contributed by atoms with van der Waals surface area (Å²) in [5.74, 6) is -2.10. The molecule has 1 unspecified atom stereocenters. The van der Waals surface area contributed by atoms with Crippen LogP contribution in [0.4, 0.5) is 8.78 Å². The van der Waals surface area contributed by atoms with Crippen LogP contribution in [0.5, 0.6) is 5.75 Å². The Morgan fingerprint density at radius 2 is 1.92 bits per heavy atom. The summed E-state index contributed by atoms with van der Waals surface area (Å²) in [5.41, 5.74) is 1.73. The maximum absolute atomic E-state index is 14.1. The van der Waals surface area contributed by atoms with Crippen molar-refractivity contribution in [3.63, 3.8) is 0 Å². The van der Waals surface area contributed by atoms with E-state index in [9.17, 15) is 8.78 Å². The number of rotatable bonds is 4. The van der Waals surface area contributed by atoms with Gasteiger partial charge >= 0.3 is 0 Å². The van der Waals surface area contributed by atoms with E-state index in [4.69, 9.17) is 4.74 Å². The molecular formula is C18H17F2N3O. The van der Waals surface area contributed by atoms with Crippen molar-refractivity contribution >= 4 is 5.57 Å². The topological polar surface area (TPSA) is 47.0 Å². The van der Waals surface area contributed by atoms with Gasteiger partial charge in [0.1, 0.15) is 0 Å². The zero-order valence-corrected chi connectivity index (χ0v) is 13.4. The molecule has 0 saturated carbocycles. The molecule has 1 N–H and O–H groups in total.